The molecule has 184 valence electrons. The Balaban J connectivity index is 1.27. The molecular weight excluding hydrogens is 430 g/mol. The zero-order valence-electron chi connectivity index (χ0n) is 21.1. The van der Waals surface area contributed by atoms with Crippen molar-refractivity contribution in [2.24, 2.45) is 5.41 Å². The van der Waals surface area contributed by atoms with Gasteiger partial charge in [-0.05, 0) is 68.5 Å². The SMILES string of the molecule is c1ccc2c(c1)OCC1(CN(CCN3CCCC3)C1)Cn1c-2c(C2CCCCC2)c2ccccc21. The Hall–Kier alpha value is -2.30. The third kappa shape index (κ3) is 3.90. The maximum Gasteiger partial charge on any atom is 0.128 e. The second-order valence-corrected chi connectivity index (χ2v) is 11.7. The first kappa shape index (κ1) is 21.9. The summed E-state index contributed by atoms with van der Waals surface area (Å²) < 4.78 is 9.36. The number of fused-ring (bicyclic) bond motifs is 5. The van der Waals surface area contributed by atoms with Crippen LogP contribution in [0.4, 0.5) is 0 Å². The summed E-state index contributed by atoms with van der Waals surface area (Å²) in [7, 11) is 0. The molecule has 3 fully saturated rings. The molecule has 0 amide bonds. The van der Waals surface area contributed by atoms with E-state index in [1.807, 2.05) is 0 Å². The zero-order valence-corrected chi connectivity index (χ0v) is 21.1. The Bertz CT molecular complexity index is 1200. The lowest BCUT2D eigenvalue weighted by Crippen LogP contribution is -2.62. The Morgan fingerprint density at radius 3 is 2.37 bits per heavy atom. The lowest BCUT2D eigenvalue weighted by Gasteiger charge is -2.51. The summed E-state index contributed by atoms with van der Waals surface area (Å²) in [4.78, 5) is 5.31. The largest absolute Gasteiger partial charge is 0.492 e. The van der Waals surface area contributed by atoms with Crippen LogP contribution in [0.2, 0.25) is 0 Å². The molecule has 35 heavy (non-hydrogen) atoms. The lowest BCUT2D eigenvalue weighted by molar-refractivity contribution is -0.0480. The molecule has 3 aliphatic heterocycles. The maximum absolute atomic E-state index is 6.66. The Morgan fingerprint density at radius 1 is 0.771 bits per heavy atom. The molecule has 1 aliphatic carbocycles. The molecule has 1 saturated carbocycles. The summed E-state index contributed by atoms with van der Waals surface area (Å²) in [5.74, 6) is 1.73. The van der Waals surface area contributed by atoms with Gasteiger partial charge in [0.15, 0.2) is 0 Å². The van der Waals surface area contributed by atoms with Crippen LogP contribution in [-0.2, 0) is 6.54 Å². The molecule has 4 aliphatic rings. The van der Waals surface area contributed by atoms with Crippen molar-refractivity contribution in [3.63, 3.8) is 0 Å². The standard InChI is InChI=1S/C31H39N3O/c1-2-10-24(11-3-1)29-25-12-4-6-14-27(25)34-22-31(20-33(21-31)19-18-32-16-8-9-17-32)23-35-28-15-7-5-13-26(28)30(29)34/h4-7,12-15,24H,1-3,8-11,16-23H2. The number of benzene rings is 2. The monoisotopic (exact) mass is 469 g/mol. The second-order valence-electron chi connectivity index (χ2n) is 11.7. The fourth-order valence-electron chi connectivity index (χ4n) is 7.53. The van der Waals surface area contributed by atoms with Crippen LogP contribution in [0.5, 0.6) is 5.75 Å². The van der Waals surface area contributed by atoms with Crippen molar-refractivity contribution in [1.29, 1.82) is 0 Å². The highest BCUT2D eigenvalue weighted by atomic mass is 16.5. The molecule has 7 rings (SSSR count). The van der Waals surface area contributed by atoms with Gasteiger partial charge in [-0.2, -0.15) is 0 Å². The van der Waals surface area contributed by atoms with E-state index < -0.39 is 0 Å². The summed E-state index contributed by atoms with van der Waals surface area (Å²) in [5, 5.41) is 1.48. The van der Waals surface area contributed by atoms with E-state index in [1.54, 1.807) is 5.56 Å². The summed E-state index contributed by atoms with van der Waals surface area (Å²) in [6.07, 6.45) is 9.50. The minimum atomic E-state index is 0.193. The third-order valence-corrected chi connectivity index (χ3v) is 9.24. The van der Waals surface area contributed by atoms with Gasteiger partial charge in [-0.1, -0.05) is 49.6 Å². The van der Waals surface area contributed by atoms with Crippen LogP contribution in [0, 0.1) is 5.41 Å². The van der Waals surface area contributed by atoms with E-state index in [2.05, 4.69) is 62.9 Å². The summed E-state index contributed by atoms with van der Waals surface area (Å²) in [5.41, 5.74) is 5.96. The fourth-order valence-corrected chi connectivity index (χ4v) is 7.53. The van der Waals surface area contributed by atoms with Crippen LogP contribution in [0.3, 0.4) is 0 Å². The highest BCUT2D eigenvalue weighted by Gasteiger charge is 2.46. The molecule has 2 saturated heterocycles. The van der Waals surface area contributed by atoms with Gasteiger partial charge in [0.2, 0.25) is 0 Å². The highest BCUT2D eigenvalue weighted by molar-refractivity contribution is 5.93. The molecule has 0 N–H and O–H groups in total. The summed E-state index contributed by atoms with van der Waals surface area (Å²) in [6, 6.07) is 18.1. The summed E-state index contributed by atoms with van der Waals surface area (Å²) in [6.45, 7) is 9.18. The molecule has 4 nitrogen and oxygen atoms in total. The molecule has 0 bridgehead atoms. The molecule has 1 aromatic heterocycles. The van der Waals surface area contributed by atoms with E-state index in [9.17, 15) is 0 Å². The molecule has 0 radical (unpaired) electrons. The molecule has 0 atom stereocenters. The number of hydrogen-bond acceptors (Lipinski definition) is 3. The second kappa shape index (κ2) is 8.97. The van der Waals surface area contributed by atoms with E-state index in [0.29, 0.717) is 5.92 Å². The first-order valence-electron chi connectivity index (χ1n) is 14.1. The van der Waals surface area contributed by atoms with Crippen molar-refractivity contribution in [2.45, 2.75) is 57.4 Å². The molecule has 1 spiro atoms. The van der Waals surface area contributed by atoms with Crippen molar-refractivity contribution >= 4 is 10.9 Å². The van der Waals surface area contributed by atoms with Gasteiger partial charge in [0.25, 0.3) is 0 Å². The average Bonchev–Trinajstić information content (AvgIpc) is 3.50. The van der Waals surface area contributed by atoms with Crippen LogP contribution in [0.1, 0.15) is 56.4 Å². The van der Waals surface area contributed by atoms with Crippen LogP contribution >= 0.6 is 0 Å². The van der Waals surface area contributed by atoms with Crippen LogP contribution in [0.15, 0.2) is 48.5 Å². The molecular formula is C31H39N3O. The molecule has 4 heterocycles. The van der Waals surface area contributed by atoms with Gasteiger partial charge >= 0.3 is 0 Å². The zero-order chi connectivity index (χ0) is 23.2. The number of likely N-dealkylation sites (tertiary alicyclic amines) is 2. The van der Waals surface area contributed by atoms with Crippen molar-refractivity contribution in [3.05, 3.63) is 54.1 Å². The highest BCUT2D eigenvalue weighted by Crippen LogP contribution is 2.49. The Kier molecular flexibility index (Phi) is 5.63. The first-order valence-corrected chi connectivity index (χ1v) is 14.1. The molecule has 0 unspecified atom stereocenters. The van der Waals surface area contributed by atoms with Crippen LogP contribution in [0.25, 0.3) is 22.2 Å². The predicted molar refractivity (Wildman–Crippen MR) is 143 cm³/mol. The van der Waals surface area contributed by atoms with E-state index in [1.165, 1.54) is 93.3 Å². The van der Waals surface area contributed by atoms with Crippen molar-refractivity contribution in [2.75, 3.05) is 45.9 Å². The lowest BCUT2D eigenvalue weighted by atomic mass is 9.79. The number of rotatable bonds is 4. The van der Waals surface area contributed by atoms with Crippen molar-refractivity contribution in [1.82, 2.24) is 14.4 Å². The number of nitrogens with zero attached hydrogens (tertiary/aromatic N) is 3. The van der Waals surface area contributed by atoms with Crippen molar-refractivity contribution < 1.29 is 4.74 Å². The number of hydrogen-bond donors (Lipinski definition) is 0. The number of para-hydroxylation sites is 2. The van der Waals surface area contributed by atoms with Gasteiger partial charge in [-0.3, -0.25) is 0 Å². The van der Waals surface area contributed by atoms with Gasteiger partial charge in [0, 0.05) is 54.6 Å². The maximum atomic E-state index is 6.66. The van der Waals surface area contributed by atoms with Gasteiger partial charge in [-0.15, -0.1) is 0 Å². The van der Waals surface area contributed by atoms with E-state index in [4.69, 9.17) is 4.74 Å². The van der Waals surface area contributed by atoms with Gasteiger partial charge in [0.05, 0.1) is 12.3 Å². The Morgan fingerprint density at radius 2 is 1.51 bits per heavy atom. The van der Waals surface area contributed by atoms with Gasteiger partial charge in [0.1, 0.15) is 5.75 Å². The summed E-state index contributed by atoms with van der Waals surface area (Å²) >= 11 is 0. The third-order valence-electron chi connectivity index (χ3n) is 9.24. The quantitative estimate of drug-likeness (QED) is 0.457. The van der Waals surface area contributed by atoms with E-state index >= 15 is 0 Å². The van der Waals surface area contributed by atoms with Crippen LogP contribution < -0.4 is 4.74 Å². The normalized spacial score (nSPS) is 22.9. The topological polar surface area (TPSA) is 20.6 Å². The minimum Gasteiger partial charge on any atom is -0.492 e. The smallest absolute Gasteiger partial charge is 0.128 e. The Labute approximate surface area is 209 Å². The van der Waals surface area contributed by atoms with E-state index in [0.717, 1.165) is 32.0 Å². The minimum absolute atomic E-state index is 0.193. The van der Waals surface area contributed by atoms with Crippen LogP contribution in [-0.4, -0.2) is 60.2 Å². The number of ether oxygens (including phenoxy) is 1. The van der Waals surface area contributed by atoms with Gasteiger partial charge in [-0.25, -0.2) is 0 Å². The van der Waals surface area contributed by atoms with Crippen molar-refractivity contribution in [3.8, 4) is 17.0 Å². The predicted octanol–water partition coefficient (Wildman–Crippen LogP) is 6.15. The average molecular weight is 470 g/mol. The first-order chi connectivity index (χ1) is 17.3. The fraction of sp³-hybridized carbons (Fsp3) is 0.548. The molecule has 2 aromatic carbocycles. The van der Waals surface area contributed by atoms with Gasteiger partial charge < -0.3 is 19.1 Å². The van der Waals surface area contributed by atoms with E-state index in [-0.39, 0.29) is 5.41 Å². The molecule has 4 heteroatoms. The number of aromatic nitrogens is 1. The molecule has 3 aromatic rings.